The van der Waals surface area contributed by atoms with Crippen molar-refractivity contribution in [2.75, 3.05) is 18.4 Å². The van der Waals surface area contributed by atoms with E-state index in [2.05, 4.69) is 35.9 Å². The van der Waals surface area contributed by atoms with Crippen molar-refractivity contribution in [3.05, 3.63) is 52.3 Å². The van der Waals surface area contributed by atoms with Crippen molar-refractivity contribution in [1.82, 2.24) is 19.3 Å². The number of sulfonamides is 1. The fourth-order valence-electron chi connectivity index (χ4n) is 2.15. The van der Waals surface area contributed by atoms with Gasteiger partial charge in [-0.2, -0.15) is 0 Å². The zero-order valence-corrected chi connectivity index (χ0v) is 16.5. The fourth-order valence-corrected chi connectivity index (χ4v) is 5.24. The first-order valence-corrected chi connectivity index (χ1v) is 10.5. The Kier molecular flexibility index (Phi) is 5.52. The number of nitrogens with one attached hydrogen (secondary N) is 2. The lowest BCUT2D eigenvalue weighted by molar-refractivity contribution is 0.585. The summed E-state index contributed by atoms with van der Waals surface area (Å²) in [6.07, 6.45) is 3.80. The van der Waals surface area contributed by atoms with Gasteiger partial charge in [0, 0.05) is 31.5 Å². The van der Waals surface area contributed by atoms with Gasteiger partial charge in [-0.05, 0) is 47.1 Å². The molecule has 0 aliphatic rings. The minimum absolute atomic E-state index is 0.250. The molecule has 0 radical (unpaired) electrons. The van der Waals surface area contributed by atoms with Crippen LogP contribution in [0.25, 0.3) is 5.82 Å². The van der Waals surface area contributed by atoms with Gasteiger partial charge in [-0.25, -0.2) is 23.1 Å². The van der Waals surface area contributed by atoms with Crippen molar-refractivity contribution >= 4 is 43.1 Å². The number of aryl methyl sites for hydroxylation is 1. The molecule has 0 unspecified atom stereocenters. The van der Waals surface area contributed by atoms with Gasteiger partial charge in [0.1, 0.15) is 21.7 Å². The molecule has 0 aliphatic carbocycles. The third-order valence-corrected chi connectivity index (χ3v) is 6.81. The summed E-state index contributed by atoms with van der Waals surface area (Å²) in [4.78, 5) is 8.71. The van der Waals surface area contributed by atoms with Gasteiger partial charge in [0.2, 0.25) is 10.0 Å². The van der Waals surface area contributed by atoms with Gasteiger partial charge < -0.3 is 9.88 Å². The molecular formula is C15H16BrN5O2S2. The monoisotopic (exact) mass is 441 g/mol. The molecule has 0 saturated heterocycles. The second-order valence-electron chi connectivity index (χ2n) is 5.13. The van der Waals surface area contributed by atoms with Crippen LogP contribution >= 0.6 is 27.3 Å². The van der Waals surface area contributed by atoms with Crippen molar-refractivity contribution in [3.8, 4) is 5.82 Å². The molecular weight excluding hydrogens is 426 g/mol. The van der Waals surface area contributed by atoms with Crippen LogP contribution in [0.3, 0.4) is 0 Å². The summed E-state index contributed by atoms with van der Waals surface area (Å²) in [5.74, 6) is 2.04. The molecule has 132 valence electrons. The molecule has 0 fully saturated rings. The molecule has 3 aromatic rings. The predicted molar refractivity (Wildman–Crippen MR) is 102 cm³/mol. The molecule has 0 aliphatic heterocycles. The van der Waals surface area contributed by atoms with Crippen molar-refractivity contribution in [1.29, 1.82) is 0 Å². The highest BCUT2D eigenvalue weighted by atomic mass is 79.9. The Labute approximate surface area is 158 Å². The molecule has 3 rings (SSSR count). The number of halogens is 1. The Morgan fingerprint density at radius 2 is 1.96 bits per heavy atom. The minimum atomic E-state index is -3.48. The molecule has 2 N–H and O–H groups in total. The number of hydrogen-bond donors (Lipinski definition) is 2. The van der Waals surface area contributed by atoms with Crippen LogP contribution in [-0.4, -0.2) is 36.0 Å². The minimum Gasteiger partial charge on any atom is -0.369 e. The van der Waals surface area contributed by atoms with Crippen LogP contribution < -0.4 is 10.0 Å². The SMILES string of the molecule is Cc1nc(NCCNS(=O)(=O)c2ccc(Br)s2)cc(-n2cccc2)n1. The predicted octanol–water partition coefficient (Wildman–Crippen LogP) is 2.79. The first-order valence-electron chi connectivity index (χ1n) is 7.42. The highest BCUT2D eigenvalue weighted by Gasteiger charge is 2.15. The fraction of sp³-hybridized carbons (Fsp3) is 0.200. The van der Waals surface area contributed by atoms with Gasteiger partial charge in [-0.3, -0.25) is 0 Å². The molecule has 3 heterocycles. The lowest BCUT2D eigenvalue weighted by Crippen LogP contribution is -2.28. The summed E-state index contributed by atoms with van der Waals surface area (Å²) in [7, 11) is -3.48. The number of hydrogen-bond acceptors (Lipinski definition) is 6. The summed E-state index contributed by atoms with van der Waals surface area (Å²) < 4.78 is 29.8. The maximum atomic E-state index is 12.1. The molecule has 0 aromatic carbocycles. The molecule has 0 saturated carbocycles. The largest absolute Gasteiger partial charge is 0.369 e. The van der Waals surface area contributed by atoms with Crippen LogP contribution in [-0.2, 0) is 10.0 Å². The zero-order chi connectivity index (χ0) is 17.9. The lowest BCUT2D eigenvalue weighted by Gasteiger charge is -2.10. The third-order valence-electron chi connectivity index (χ3n) is 3.23. The Balaban J connectivity index is 1.59. The van der Waals surface area contributed by atoms with E-state index >= 15 is 0 Å². The van der Waals surface area contributed by atoms with Gasteiger partial charge in [0.05, 0.1) is 3.79 Å². The van der Waals surface area contributed by atoms with E-state index in [4.69, 9.17) is 0 Å². The van der Waals surface area contributed by atoms with Crippen LogP contribution in [0.5, 0.6) is 0 Å². The third kappa shape index (κ3) is 4.66. The van der Waals surface area contributed by atoms with Gasteiger partial charge in [0.25, 0.3) is 0 Å². The van der Waals surface area contributed by atoms with Crippen molar-refractivity contribution in [2.24, 2.45) is 0 Å². The topological polar surface area (TPSA) is 88.9 Å². The van der Waals surface area contributed by atoms with Gasteiger partial charge in [0.15, 0.2) is 0 Å². The normalized spacial score (nSPS) is 11.6. The number of thiophene rings is 1. The first-order chi connectivity index (χ1) is 11.9. The number of nitrogens with zero attached hydrogens (tertiary/aromatic N) is 3. The van der Waals surface area contributed by atoms with Crippen LogP contribution in [0.2, 0.25) is 0 Å². The Hall–Kier alpha value is -1.75. The first kappa shape index (κ1) is 18.1. The van der Waals surface area contributed by atoms with Crippen molar-refractivity contribution < 1.29 is 8.42 Å². The summed E-state index contributed by atoms with van der Waals surface area (Å²) in [6.45, 7) is 2.47. The molecule has 7 nitrogen and oxygen atoms in total. The van der Waals surface area contributed by atoms with Crippen LogP contribution in [0.4, 0.5) is 5.82 Å². The average Bonchev–Trinajstić information content (AvgIpc) is 3.23. The van der Waals surface area contributed by atoms with E-state index in [9.17, 15) is 8.42 Å². The molecule has 0 amide bonds. The van der Waals surface area contributed by atoms with Crippen molar-refractivity contribution in [3.63, 3.8) is 0 Å². The second kappa shape index (κ2) is 7.65. The van der Waals surface area contributed by atoms with E-state index in [1.165, 1.54) is 11.3 Å². The van der Waals surface area contributed by atoms with Gasteiger partial charge >= 0.3 is 0 Å². The molecule has 3 aromatic heterocycles. The van der Waals surface area contributed by atoms with E-state index in [1.54, 1.807) is 12.1 Å². The van der Waals surface area contributed by atoms with Crippen LogP contribution in [0, 0.1) is 6.92 Å². The Bertz CT molecular complexity index is 954. The molecule has 10 heteroatoms. The van der Waals surface area contributed by atoms with Crippen molar-refractivity contribution in [2.45, 2.75) is 11.1 Å². The van der Waals surface area contributed by atoms with E-state index < -0.39 is 10.0 Å². The highest BCUT2D eigenvalue weighted by molar-refractivity contribution is 9.11. The Morgan fingerprint density at radius 1 is 1.20 bits per heavy atom. The quantitative estimate of drug-likeness (QED) is 0.550. The molecule has 0 spiro atoms. The van der Waals surface area contributed by atoms with E-state index in [0.717, 1.165) is 9.60 Å². The van der Waals surface area contributed by atoms with Gasteiger partial charge in [-0.15, -0.1) is 11.3 Å². The number of aromatic nitrogens is 3. The van der Waals surface area contributed by atoms with Gasteiger partial charge in [-0.1, -0.05) is 0 Å². The maximum Gasteiger partial charge on any atom is 0.250 e. The molecule has 0 bridgehead atoms. The second-order valence-corrected chi connectivity index (χ2v) is 9.59. The van der Waals surface area contributed by atoms with E-state index in [0.29, 0.717) is 18.2 Å². The smallest absolute Gasteiger partial charge is 0.250 e. The number of rotatable bonds is 7. The summed E-state index contributed by atoms with van der Waals surface area (Å²) in [5.41, 5.74) is 0. The molecule has 0 atom stereocenters. The standard InChI is InChI=1S/C15H16BrN5O2S2/c1-11-19-13(10-14(20-11)21-8-2-3-9-21)17-6-7-18-25(22,23)15-5-4-12(16)24-15/h2-5,8-10,18H,6-7H2,1H3,(H,17,19,20). The average molecular weight is 442 g/mol. The Morgan fingerprint density at radius 3 is 2.64 bits per heavy atom. The summed E-state index contributed by atoms with van der Waals surface area (Å²) in [6, 6.07) is 8.94. The maximum absolute atomic E-state index is 12.1. The highest BCUT2D eigenvalue weighted by Crippen LogP contribution is 2.25. The zero-order valence-electron chi connectivity index (χ0n) is 13.3. The van der Waals surface area contributed by atoms with E-state index in [1.807, 2.05) is 42.1 Å². The number of anilines is 1. The van der Waals surface area contributed by atoms with E-state index in [-0.39, 0.29) is 10.8 Å². The summed E-state index contributed by atoms with van der Waals surface area (Å²) >= 11 is 4.44. The van der Waals surface area contributed by atoms with Crippen LogP contribution in [0.1, 0.15) is 5.82 Å². The molecule has 25 heavy (non-hydrogen) atoms. The lowest BCUT2D eigenvalue weighted by atomic mass is 10.4. The summed E-state index contributed by atoms with van der Waals surface area (Å²) in [5, 5.41) is 3.12. The van der Waals surface area contributed by atoms with Crippen LogP contribution in [0.15, 0.2) is 50.7 Å².